The van der Waals surface area contributed by atoms with Crippen molar-refractivity contribution in [1.82, 2.24) is 9.78 Å². The van der Waals surface area contributed by atoms with Gasteiger partial charge in [-0.15, -0.1) is 0 Å². The van der Waals surface area contributed by atoms with Crippen LogP contribution in [0.15, 0.2) is 48.5 Å². The largest absolute Gasteiger partial charge is 0.493 e. The summed E-state index contributed by atoms with van der Waals surface area (Å²) in [6.45, 7) is 1.92. The van der Waals surface area contributed by atoms with Crippen LogP contribution in [-0.2, 0) is 10.0 Å². The molecule has 27 heavy (non-hydrogen) atoms. The Morgan fingerprint density at radius 2 is 1.63 bits per heavy atom. The van der Waals surface area contributed by atoms with E-state index in [1.807, 2.05) is 43.3 Å². The van der Waals surface area contributed by atoms with Gasteiger partial charge in [-0.3, -0.25) is 4.72 Å². The average molecular weight is 387 g/mol. The van der Waals surface area contributed by atoms with Crippen LogP contribution in [0.2, 0.25) is 0 Å². The van der Waals surface area contributed by atoms with Crippen LogP contribution in [0.4, 0.5) is 5.69 Å². The minimum Gasteiger partial charge on any atom is -0.493 e. The van der Waals surface area contributed by atoms with Crippen molar-refractivity contribution < 1.29 is 17.9 Å². The van der Waals surface area contributed by atoms with Gasteiger partial charge >= 0.3 is 0 Å². The van der Waals surface area contributed by atoms with Crippen LogP contribution >= 0.6 is 0 Å². The van der Waals surface area contributed by atoms with E-state index in [4.69, 9.17) is 9.47 Å². The van der Waals surface area contributed by atoms with Crippen LogP contribution in [0.25, 0.3) is 16.9 Å². The number of rotatable bonds is 6. The van der Waals surface area contributed by atoms with E-state index in [1.165, 1.54) is 0 Å². The number of aryl methyl sites for hydroxylation is 1. The van der Waals surface area contributed by atoms with Crippen LogP contribution in [0.1, 0.15) is 5.69 Å². The second-order valence-electron chi connectivity index (χ2n) is 6.07. The molecule has 3 aromatic rings. The molecule has 1 aromatic heterocycles. The van der Waals surface area contributed by atoms with Crippen LogP contribution < -0.4 is 14.2 Å². The van der Waals surface area contributed by atoms with Gasteiger partial charge in [0.25, 0.3) is 0 Å². The topological polar surface area (TPSA) is 82.5 Å². The molecule has 0 amide bonds. The molecule has 0 bridgehead atoms. The Bertz CT molecular complexity index is 1060. The SMILES string of the molecule is COc1ccc(-c2cc(C)nn2-c2ccc(NS(C)(=O)=O)cc2)cc1OC. The Hall–Kier alpha value is -3.00. The Kier molecular flexibility index (Phi) is 5.09. The van der Waals surface area contributed by atoms with Crippen LogP contribution in [0.3, 0.4) is 0 Å². The number of ether oxygens (including phenoxy) is 2. The van der Waals surface area contributed by atoms with E-state index in [0.29, 0.717) is 17.2 Å². The number of sulfonamides is 1. The first-order valence-corrected chi connectivity index (χ1v) is 10.1. The van der Waals surface area contributed by atoms with E-state index in [1.54, 1.807) is 31.0 Å². The van der Waals surface area contributed by atoms with Crippen molar-refractivity contribution in [1.29, 1.82) is 0 Å². The molecule has 0 aliphatic carbocycles. The first kappa shape index (κ1) is 18.8. The van der Waals surface area contributed by atoms with E-state index < -0.39 is 10.0 Å². The molecule has 0 aliphatic rings. The molecule has 0 atom stereocenters. The van der Waals surface area contributed by atoms with Gasteiger partial charge in [-0.05, 0) is 55.5 Å². The summed E-state index contributed by atoms with van der Waals surface area (Å²) >= 11 is 0. The van der Waals surface area contributed by atoms with Gasteiger partial charge in [0.1, 0.15) is 0 Å². The van der Waals surface area contributed by atoms with Crippen molar-refractivity contribution in [2.75, 3.05) is 25.2 Å². The lowest BCUT2D eigenvalue weighted by Crippen LogP contribution is -2.09. The van der Waals surface area contributed by atoms with E-state index in [9.17, 15) is 8.42 Å². The third-order valence-electron chi connectivity index (χ3n) is 3.93. The zero-order valence-corrected chi connectivity index (χ0v) is 16.4. The molecular formula is C19H21N3O4S. The molecule has 142 valence electrons. The highest BCUT2D eigenvalue weighted by atomic mass is 32.2. The minimum atomic E-state index is -3.31. The summed E-state index contributed by atoms with van der Waals surface area (Å²) in [5.74, 6) is 1.29. The lowest BCUT2D eigenvalue weighted by Gasteiger charge is -2.12. The summed E-state index contributed by atoms with van der Waals surface area (Å²) in [5.41, 5.74) is 3.98. The molecule has 0 spiro atoms. The number of hydrogen-bond donors (Lipinski definition) is 1. The highest BCUT2D eigenvalue weighted by Crippen LogP contribution is 2.33. The quantitative estimate of drug-likeness (QED) is 0.702. The number of methoxy groups -OCH3 is 2. The monoisotopic (exact) mass is 387 g/mol. The van der Waals surface area contributed by atoms with Gasteiger partial charge in [-0.2, -0.15) is 5.10 Å². The fourth-order valence-corrected chi connectivity index (χ4v) is 3.35. The fraction of sp³-hybridized carbons (Fsp3) is 0.211. The average Bonchev–Trinajstić information content (AvgIpc) is 3.02. The molecule has 3 rings (SSSR count). The lowest BCUT2D eigenvalue weighted by molar-refractivity contribution is 0.355. The van der Waals surface area contributed by atoms with Gasteiger partial charge < -0.3 is 9.47 Å². The lowest BCUT2D eigenvalue weighted by atomic mass is 10.1. The maximum absolute atomic E-state index is 11.4. The number of hydrogen-bond acceptors (Lipinski definition) is 5. The summed E-state index contributed by atoms with van der Waals surface area (Å²) in [4.78, 5) is 0. The predicted octanol–water partition coefficient (Wildman–Crippen LogP) is 3.24. The third-order valence-corrected chi connectivity index (χ3v) is 4.53. The fourth-order valence-electron chi connectivity index (χ4n) is 2.78. The van der Waals surface area contributed by atoms with E-state index in [-0.39, 0.29) is 0 Å². The van der Waals surface area contributed by atoms with Crippen molar-refractivity contribution in [3.8, 4) is 28.4 Å². The van der Waals surface area contributed by atoms with Crippen molar-refractivity contribution in [3.05, 3.63) is 54.2 Å². The Balaban J connectivity index is 2.02. The van der Waals surface area contributed by atoms with E-state index in [2.05, 4.69) is 9.82 Å². The number of nitrogens with one attached hydrogen (secondary N) is 1. The second-order valence-corrected chi connectivity index (χ2v) is 7.82. The molecular weight excluding hydrogens is 366 g/mol. The molecule has 0 aliphatic heterocycles. The maximum atomic E-state index is 11.4. The normalized spacial score (nSPS) is 11.3. The van der Waals surface area contributed by atoms with Crippen LogP contribution in [0, 0.1) is 6.92 Å². The number of aromatic nitrogens is 2. The summed E-state index contributed by atoms with van der Waals surface area (Å²) in [6, 6.07) is 14.7. The smallest absolute Gasteiger partial charge is 0.229 e. The van der Waals surface area contributed by atoms with Gasteiger partial charge in [-0.1, -0.05) is 0 Å². The standard InChI is InChI=1S/C19H21N3O4S/c1-13-11-17(14-5-10-18(25-2)19(12-14)26-3)22(20-13)16-8-6-15(7-9-16)21-27(4,23)24/h5-12,21H,1-4H3. The highest BCUT2D eigenvalue weighted by molar-refractivity contribution is 7.92. The molecule has 1 heterocycles. The minimum absolute atomic E-state index is 0.498. The van der Waals surface area contributed by atoms with Gasteiger partial charge in [-0.25, -0.2) is 13.1 Å². The Labute approximate surface area is 158 Å². The highest BCUT2D eigenvalue weighted by Gasteiger charge is 2.13. The van der Waals surface area contributed by atoms with Gasteiger partial charge in [0.15, 0.2) is 11.5 Å². The molecule has 1 N–H and O–H groups in total. The van der Waals surface area contributed by atoms with Crippen molar-refractivity contribution in [2.24, 2.45) is 0 Å². The molecule has 7 nitrogen and oxygen atoms in total. The Morgan fingerprint density at radius 1 is 0.963 bits per heavy atom. The summed E-state index contributed by atoms with van der Waals surface area (Å²) < 4.78 is 37.7. The zero-order valence-electron chi connectivity index (χ0n) is 15.6. The van der Waals surface area contributed by atoms with Crippen LogP contribution in [0.5, 0.6) is 11.5 Å². The molecule has 0 radical (unpaired) electrons. The summed E-state index contributed by atoms with van der Waals surface area (Å²) in [7, 11) is -0.124. The van der Waals surface area contributed by atoms with E-state index >= 15 is 0 Å². The molecule has 0 saturated carbocycles. The zero-order chi connectivity index (χ0) is 19.6. The second kappa shape index (κ2) is 7.32. The number of anilines is 1. The molecule has 8 heteroatoms. The first-order chi connectivity index (χ1) is 12.8. The summed E-state index contributed by atoms with van der Waals surface area (Å²) in [5, 5.41) is 4.57. The van der Waals surface area contributed by atoms with Crippen molar-refractivity contribution >= 4 is 15.7 Å². The predicted molar refractivity (Wildman–Crippen MR) is 105 cm³/mol. The van der Waals surface area contributed by atoms with Gasteiger partial charge in [0.2, 0.25) is 10.0 Å². The molecule has 2 aromatic carbocycles. The number of benzene rings is 2. The molecule has 0 saturated heterocycles. The first-order valence-electron chi connectivity index (χ1n) is 8.18. The van der Waals surface area contributed by atoms with Crippen molar-refractivity contribution in [3.63, 3.8) is 0 Å². The third kappa shape index (κ3) is 4.22. The maximum Gasteiger partial charge on any atom is 0.229 e. The van der Waals surface area contributed by atoms with Gasteiger partial charge in [0, 0.05) is 11.3 Å². The van der Waals surface area contributed by atoms with Crippen molar-refractivity contribution in [2.45, 2.75) is 6.92 Å². The summed E-state index contributed by atoms with van der Waals surface area (Å²) in [6.07, 6.45) is 1.12. The number of nitrogens with zero attached hydrogens (tertiary/aromatic N) is 2. The molecule has 0 unspecified atom stereocenters. The van der Waals surface area contributed by atoms with E-state index in [0.717, 1.165) is 28.9 Å². The molecule has 0 fully saturated rings. The Morgan fingerprint density at radius 3 is 2.22 bits per heavy atom. The van der Waals surface area contributed by atoms with Crippen LogP contribution in [-0.4, -0.2) is 38.7 Å². The van der Waals surface area contributed by atoms with Gasteiger partial charge in [0.05, 0.1) is 37.6 Å².